The van der Waals surface area contributed by atoms with Gasteiger partial charge in [-0.3, -0.25) is 9.69 Å². The fourth-order valence-electron chi connectivity index (χ4n) is 3.46. The molecule has 1 aromatic carbocycles. The molecule has 2 aliphatic rings. The molecule has 2 aromatic rings. The Kier molecular flexibility index (Phi) is 4.53. The lowest BCUT2D eigenvalue weighted by Gasteiger charge is -2.32. The lowest BCUT2D eigenvalue weighted by atomic mass is 10.1. The maximum Gasteiger partial charge on any atom is 0.237 e. The first-order chi connectivity index (χ1) is 12.2. The van der Waals surface area contributed by atoms with Crippen molar-refractivity contribution < 1.29 is 4.79 Å². The molecule has 0 radical (unpaired) electrons. The van der Waals surface area contributed by atoms with Crippen LogP contribution < -0.4 is 5.32 Å². The number of carbonyl (C=O) groups is 1. The first kappa shape index (κ1) is 16.3. The van der Waals surface area contributed by atoms with Gasteiger partial charge in [-0.2, -0.15) is 0 Å². The third kappa shape index (κ3) is 3.58. The number of nitrogens with one attached hydrogen (secondary N) is 1. The number of fused-ring (bicyclic) bond motifs is 1. The van der Waals surface area contributed by atoms with Crippen LogP contribution in [0.4, 0.5) is 0 Å². The lowest BCUT2D eigenvalue weighted by molar-refractivity contribution is -0.126. The van der Waals surface area contributed by atoms with E-state index in [-0.39, 0.29) is 11.9 Å². The molecule has 2 heterocycles. The van der Waals surface area contributed by atoms with Gasteiger partial charge in [-0.05, 0) is 31.7 Å². The molecule has 1 aliphatic carbocycles. The van der Waals surface area contributed by atoms with Gasteiger partial charge in [0.1, 0.15) is 11.6 Å². The van der Waals surface area contributed by atoms with Gasteiger partial charge in [0.2, 0.25) is 5.91 Å². The Morgan fingerprint density at radius 2 is 2.04 bits per heavy atom. The number of aromatic nitrogens is 3. The normalized spacial score (nSPS) is 18.6. The SMILES string of the molecule is C[C@H](C(=O)NCCc1ccccc1)N1CCn2c(nnc2C2CC2)C1. The van der Waals surface area contributed by atoms with Crippen LogP contribution in [0, 0.1) is 0 Å². The Morgan fingerprint density at radius 3 is 2.80 bits per heavy atom. The fourth-order valence-corrected chi connectivity index (χ4v) is 3.46. The van der Waals surface area contributed by atoms with Crippen molar-refractivity contribution in [2.45, 2.75) is 51.2 Å². The summed E-state index contributed by atoms with van der Waals surface area (Å²) in [6, 6.07) is 10.1. The topological polar surface area (TPSA) is 63.1 Å². The number of nitrogens with zero attached hydrogens (tertiary/aromatic N) is 4. The largest absolute Gasteiger partial charge is 0.354 e. The van der Waals surface area contributed by atoms with Gasteiger partial charge in [-0.1, -0.05) is 30.3 Å². The monoisotopic (exact) mass is 339 g/mol. The van der Waals surface area contributed by atoms with Crippen LogP contribution >= 0.6 is 0 Å². The predicted molar refractivity (Wildman–Crippen MR) is 95.0 cm³/mol. The minimum atomic E-state index is -0.148. The van der Waals surface area contributed by atoms with Crippen LogP contribution in [0.25, 0.3) is 0 Å². The molecule has 0 unspecified atom stereocenters. The maximum atomic E-state index is 12.5. The summed E-state index contributed by atoms with van der Waals surface area (Å²) in [5.74, 6) is 2.85. The zero-order valence-corrected chi connectivity index (χ0v) is 14.7. The molecule has 0 spiro atoms. The second-order valence-corrected chi connectivity index (χ2v) is 7.07. The zero-order valence-electron chi connectivity index (χ0n) is 14.7. The van der Waals surface area contributed by atoms with E-state index >= 15 is 0 Å². The number of hydrogen-bond acceptors (Lipinski definition) is 4. The van der Waals surface area contributed by atoms with Crippen LogP contribution in [-0.4, -0.2) is 44.7 Å². The highest BCUT2D eigenvalue weighted by Crippen LogP contribution is 2.39. The Morgan fingerprint density at radius 1 is 1.24 bits per heavy atom. The summed E-state index contributed by atoms with van der Waals surface area (Å²) in [7, 11) is 0. The van der Waals surface area contributed by atoms with Gasteiger partial charge >= 0.3 is 0 Å². The first-order valence-corrected chi connectivity index (χ1v) is 9.20. The Balaban J connectivity index is 1.30. The molecule has 4 rings (SSSR count). The van der Waals surface area contributed by atoms with Gasteiger partial charge in [-0.15, -0.1) is 10.2 Å². The molecule has 1 N–H and O–H groups in total. The highest BCUT2D eigenvalue weighted by atomic mass is 16.2. The summed E-state index contributed by atoms with van der Waals surface area (Å²) < 4.78 is 2.26. The summed E-state index contributed by atoms with van der Waals surface area (Å²) in [4.78, 5) is 14.7. The summed E-state index contributed by atoms with van der Waals surface area (Å²) in [5, 5.41) is 11.8. The Bertz CT molecular complexity index is 738. The van der Waals surface area contributed by atoms with E-state index in [0.29, 0.717) is 19.0 Å². The molecule has 1 saturated carbocycles. The van der Waals surface area contributed by atoms with Gasteiger partial charge in [0.05, 0.1) is 12.6 Å². The van der Waals surface area contributed by atoms with E-state index in [1.165, 1.54) is 18.4 Å². The Labute approximate surface area is 148 Å². The number of benzene rings is 1. The van der Waals surface area contributed by atoms with Crippen molar-refractivity contribution in [3.05, 3.63) is 47.5 Å². The molecule has 132 valence electrons. The van der Waals surface area contributed by atoms with Crippen molar-refractivity contribution in [3.8, 4) is 0 Å². The van der Waals surface area contributed by atoms with Crippen molar-refractivity contribution in [2.24, 2.45) is 0 Å². The number of hydrogen-bond donors (Lipinski definition) is 1. The van der Waals surface area contributed by atoms with Gasteiger partial charge < -0.3 is 9.88 Å². The molecule has 25 heavy (non-hydrogen) atoms. The van der Waals surface area contributed by atoms with Gasteiger partial charge in [-0.25, -0.2) is 0 Å². The minimum Gasteiger partial charge on any atom is -0.354 e. The molecule has 1 atom stereocenters. The molecule has 6 heteroatoms. The smallest absolute Gasteiger partial charge is 0.237 e. The van der Waals surface area contributed by atoms with E-state index in [4.69, 9.17) is 0 Å². The fraction of sp³-hybridized carbons (Fsp3) is 0.526. The van der Waals surface area contributed by atoms with Gasteiger partial charge in [0.15, 0.2) is 0 Å². The Hall–Kier alpha value is -2.21. The summed E-state index contributed by atoms with van der Waals surface area (Å²) in [6.45, 7) is 5.11. The van der Waals surface area contributed by atoms with Crippen molar-refractivity contribution in [1.29, 1.82) is 0 Å². The maximum absolute atomic E-state index is 12.5. The van der Waals surface area contributed by atoms with Crippen LogP contribution in [-0.2, 0) is 24.3 Å². The van der Waals surface area contributed by atoms with Crippen LogP contribution in [0.1, 0.15) is 42.9 Å². The third-order valence-corrected chi connectivity index (χ3v) is 5.24. The van der Waals surface area contributed by atoms with E-state index < -0.39 is 0 Å². The van der Waals surface area contributed by atoms with Crippen LogP contribution in [0.3, 0.4) is 0 Å². The average Bonchev–Trinajstić information content (AvgIpc) is 3.40. The third-order valence-electron chi connectivity index (χ3n) is 5.24. The zero-order chi connectivity index (χ0) is 17.2. The van der Waals surface area contributed by atoms with Gasteiger partial charge in [0.25, 0.3) is 0 Å². The molecular formula is C19H25N5O. The molecule has 1 fully saturated rings. The molecular weight excluding hydrogens is 314 g/mol. The van der Waals surface area contributed by atoms with Crippen LogP contribution in [0.5, 0.6) is 0 Å². The van der Waals surface area contributed by atoms with Crippen molar-refractivity contribution in [2.75, 3.05) is 13.1 Å². The first-order valence-electron chi connectivity index (χ1n) is 9.20. The van der Waals surface area contributed by atoms with Crippen molar-refractivity contribution in [1.82, 2.24) is 25.0 Å². The molecule has 6 nitrogen and oxygen atoms in total. The number of rotatable bonds is 6. The molecule has 0 saturated heterocycles. The summed E-state index contributed by atoms with van der Waals surface area (Å²) in [5.41, 5.74) is 1.24. The van der Waals surface area contributed by atoms with Crippen LogP contribution in [0.15, 0.2) is 30.3 Å². The standard InChI is InChI=1S/C19H25N5O/c1-14(19(25)20-10-9-15-5-3-2-4-6-15)23-11-12-24-17(13-23)21-22-18(24)16-7-8-16/h2-6,14,16H,7-13H2,1H3,(H,20,25)/t14-/m1/s1. The number of amides is 1. The minimum absolute atomic E-state index is 0.0892. The van der Waals surface area contributed by atoms with Crippen LogP contribution in [0.2, 0.25) is 0 Å². The van der Waals surface area contributed by atoms with Crippen molar-refractivity contribution >= 4 is 5.91 Å². The molecule has 1 aromatic heterocycles. The van der Waals surface area contributed by atoms with E-state index in [2.05, 4.69) is 37.1 Å². The van der Waals surface area contributed by atoms with E-state index in [1.807, 2.05) is 25.1 Å². The average molecular weight is 339 g/mol. The van der Waals surface area contributed by atoms with E-state index in [9.17, 15) is 4.79 Å². The van der Waals surface area contributed by atoms with E-state index in [1.54, 1.807) is 0 Å². The highest BCUT2D eigenvalue weighted by Gasteiger charge is 2.33. The van der Waals surface area contributed by atoms with Gasteiger partial charge in [0, 0.05) is 25.6 Å². The quantitative estimate of drug-likeness (QED) is 0.870. The molecule has 1 aliphatic heterocycles. The highest BCUT2D eigenvalue weighted by molar-refractivity contribution is 5.81. The second-order valence-electron chi connectivity index (χ2n) is 7.07. The molecule has 0 bridgehead atoms. The second kappa shape index (κ2) is 6.96. The van der Waals surface area contributed by atoms with Crippen molar-refractivity contribution in [3.63, 3.8) is 0 Å². The van der Waals surface area contributed by atoms with E-state index in [0.717, 1.165) is 31.2 Å². The summed E-state index contributed by atoms with van der Waals surface area (Å²) >= 11 is 0. The lowest BCUT2D eigenvalue weighted by Crippen LogP contribution is -2.48. The predicted octanol–water partition coefficient (Wildman–Crippen LogP) is 1.72. The summed E-state index contributed by atoms with van der Waals surface area (Å²) in [6.07, 6.45) is 3.34. The molecule has 1 amide bonds. The number of carbonyl (C=O) groups excluding carboxylic acids is 1.